The molecule has 6 heteroatoms. The van der Waals surface area contributed by atoms with Gasteiger partial charge in [0.2, 0.25) is 0 Å². The molecule has 1 N–H and O–H groups in total. The van der Waals surface area contributed by atoms with Gasteiger partial charge in [0.25, 0.3) is 11.5 Å². The largest absolute Gasteiger partial charge is 0.371 e. The zero-order chi connectivity index (χ0) is 16.6. The number of carbonyl (C=O) groups excluding carboxylic acids is 1. The van der Waals surface area contributed by atoms with Gasteiger partial charge in [0.1, 0.15) is 5.56 Å². The molecule has 1 amide bonds. The monoisotopic (exact) mass is 319 g/mol. The lowest BCUT2D eigenvalue weighted by Gasteiger charge is -2.46. The van der Waals surface area contributed by atoms with Gasteiger partial charge >= 0.3 is 0 Å². The minimum Gasteiger partial charge on any atom is -0.371 e. The fourth-order valence-corrected chi connectivity index (χ4v) is 3.62. The number of pyridine rings is 1. The summed E-state index contributed by atoms with van der Waals surface area (Å²) in [6, 6.07) is 1.85. The third kappa shape index (κ3) is 3.19. The van der Waals surface area contributed by atoms with Crippen LogP contribution in [0.2, 0.25) is 0 Å². The molecule has 0 atom stereocenters. The zero-order valence-electron chi connectivity index (χ0n) is 14.1. The van der Waals surface area contributed by atoms with Gasteiger partial charge in [0.05, 0.1) is 18.8 Å². The number of hydrogen-bond acceptors (Lipinski definition) is 4. The van der Waals surface area contributed by atoms with Crippen molar-refractivity contribution in [2.45, 2.75) is 32.3 Å². The molecule has 2 aliphatic heterocycles. The van der Waals surface area contributed by atoms with E-state index >= 15 is 0 Å². The van der Waals surface area contributed by atoms with E-state index in [2.05, 4.69) is 16.9 Å². The molecule has 6 nitrogen and oxygen atoms in total. The number of morpholine rings is 1. The first-order valence-electron chi connectivity index (χ1n) is 8.22. The Labute approximate surface area is 136 Å². The molecule has 1 aromatic heterocycles. The summed E-state index contributed by atoms with van der Waals surface area (Å²) >= 11 is 0. The molecular weight excluding hydrogens is 294 g/mol. The van der Waals surface area contributed by atoms with Crippen LogP contribution in [-0.2, 0) is 4.74 Å². The number of likely N-dealkylation sites (tertiary alicyclic amines) is 1. The number of aromatic amines is 1. The Kier molecular flexibility index (Phi) is 4.29. The van der Waals surface area contributed by atoms with Crippen LogP contribution in [0.5, 0.6) is 0 Å². The summed E-state index contributed by atoms with van der Waals surface area (Å²) in [5.74, 6) is -0.176. The Morgan fingerprint density at radius 2 is 1.96 bits per heavy atom. The van der Waals surface area contributed by atoms with Crippen molar-refractivity contribution in [2.75, 3.05) is 39.8 Å². The minimum atomic E-state index is -0.295. The van der Waals surface area contributed by atoms with Gasteiger partial charge in [-0.05, 0) is 45.4 Å². The Hall–Kier alpha value is -1.66. The van der Waals surface area contributed by atoms with E-state index in [-0.39, 0.29) is 22.6 Å². The number of aryl methyl sites for hydroxylation is 2. The number of nitrogens with zero attached hydrogens (tertiary/aromatic N) is 2. The fraction of sp³-hybridized carbons (Fsp3) is 0.647. The molecule has 2 aliphatic rings. The van der Waals surface area contributed by atoms with Gasteiger partial charge in [-0.25, -0.2) is 0 Å². The first-order chi connectivity index (χ1) is 10.9. The first-order valence-corrected chi connectivity index (χ1v) is 8.22. The number of aromatic nitrogens is 1. The highest BCUT2D eigenvalue weighted by atomic mass is 16.5. The van der Waals surface area contributed by atoms with Crippen LogP contribution in [0.3, 0.4) is 0 Å². The Morgan fingerprint density at radius 3 is 2.61 bits per heavy atom. The van der Waals surface area contributed by atoms with Crippen molar-refractivity contribution in [3.05, 3.63) is 33.2 Å². The van der Waals surface area contributed by atoms with E-state index in [0.29, 0.717) is 19.7 Å². The number of rotatable bonds is 1. The highest BCUT2D eigenvalue weighted by Gasteiger charge is 2.41. The molecule has 3 heterocycles. The maximum atomic E-state index is 12.9. The van der Waals surface area contributed by atoms with Gasteiger partial charge in [-0.1, -0.05) is 0 Å². The van der Waals surface area contributed by atoms with Crippen LogP contribution in [-0.4, -0.2) is 66.1 Å². The SMILES string of the molecule is Cc1cc(C)c(C(=O)N2CCOC3(CCN(C)CC3)C2)c(=O)[nH]1. The fourth-order valence-electron chi connectivity index (χ4n) is 3.62. The topological polar surface area (TPSA) is 65.6 Å². The average molecular weight is 319 g/mol. The number of carbonyl (C=O) groups is 1. The quantitative estimate of drug-likeness (QED) is 0.836. The van der Waals surface area contributed by atoms with E-state index in [1.165, 1.54) is 0 Å². The van der Waals surface area contributed by atoms with Gasteiger partial charge in [0, 0.05) is 25.3 Å². The number of piperidine rings is 1. The van der Waals surface area contributed by atoms with Gasteiger partial charge in [-0.2, -0.15) is 0 Å². The van der Waals surface area contributed by atoms with Crippen LogP contribution >= 0.6 is 0 Å². The van der Waals surface area contributed by atoms with Crippen molar-refractivity contribution in [1.82, 2.24) is 14.8 Å². The second-order valence-corrected chi connectivity index (χ2v) is 6.90. The summed E-state index contributed by atoms with van der Waals surface area (Å²) in [4.78, 5) is 31.9. The molecule has 0 radical (unpaired) electrons. The Morgan fingerprint density at radius 1 is 1.26 bits per heavy atom. The predicted octanol–water partition coefficient (Wildman–Crippen LogP) is 0.929. The second-order valence-electron chi connectivity index (χ2n) is 6.90. The lowest BCUT2D eigenvalue weighted by Crippen LogP contribution is -2.58. The molecule has 0 unspecified atom stereocenters. The number of hydrogen-bond donors (Lipinski definition) is 1. The molecule has 1 spiro atoms. The molecule has 0 bridgehead atoms. The van der Waals surface area contributed by atoms with E-state index in [0.717, 1.165) is 37.2 Å². The Bertz CT molecular complexity index is 660. The molecule has 2 saturated heterocycles. The highest BCUT2D eigenvalue weighted by Crippen LogP contribution is 2.30. The van der Waals surface area contributed by atoms with Crippen molar-refractivity contribution >= 4 is 5.91 Å². The molecular formula is C17H25N3O3. The van der Waals surface area contributed by atoms with Crippen LogP contribution in [0.15, 0.2) is 10.9 Å². The third-order valence-corrected chi connectivity index (χ3v) is 5.01. The summed E-state index contributed by atoms with van der Waals surface area (Å²) in [5.41, 5.74) is 1.24. The molecule has 0 saturated carbocycles. The van der Waals surface area contributed by atoms with E-state index in [4.69, 9.17) is 4.74 Å². The zero-order valence-corrected chi connectivity index (χ0v) is 14.1. The second kappa shape index (κ2) is 6.09. The smallest absolute Gasteiger partial charge is 0.261 e. The van der Waals surface area contributed by atoms with E-state index < -0.39 is 0 Å². The lowest BCUT2D eigenvalue weighted by molar-refractivity contribution is -0.125. The maximum Gasteiger partial charge on any atom is 0.261 e. The summed E-state index contributed by atoms with van der Waals surface area (Å²) in [6.07, 6.45) is 1.85. The third-order valence-electron chi connectivity index (χ3n) is 5.01. The first kappa shape index (κ1) is 16.2. The van der Waals surface area contributed by atoms with Gasteiger partial charge in [-0.3, -0.25) is 9.59 Å². The summed E-state index contributed by atoms with van der Waals surface area (Å²) in [7, 11) is 2.10. The van der Waals surface area contributed by atoms with E-state index in [1.807, 2.05) is 19.9 Å². The van der Waals surface area contributed by atoms with Crippen LogP contribution in [0.1, 0.15) is 34.5 Å². The standard InChI is InChI=1S/C17H25N3O3/c1-12-10-13(2)18-15(21)14(12)16(22)20-8-9-23-17(11-20)4-6-19(3)7-5-17/h10H,4-9,11H2,1-3H3,(H,18,21). The molecule has 0 aliphatic carbocycles. The van der Waals surface area contributed by atoms with Crippen LogP contribution in [0, 0.1) is 13.8 Å². The van der Waals surface area contributed by atoms with E-state index in [9.17, 15) is 9.59 Å². The number of H-pyrrole nitrogens is 1. The van der Waals surface area contributed by atoms with Crippen LogP contribution in [0.25, 0.3) is 0 Å². The summed E-state index contributed by atoms with van der Waals surface area (Å²) in [5, 5.41) is 0. The normalized spacial score (nSPS) is 21.6. The lowest BCUT2D eigenvalue weighted by atomic mass is 9.89. The molecule has 3 rings (SSSR count). The molecule has 1 aromatic rings. The van der Waals surface area contributed by atoms with Crippen molar-refractivity contribution in [1.29, 1.82) is 0 Å². The van der Waals surface area contributed by atoms with Gasteiger partial charge < -0.3 is 19.5 Å². The summed E-state index contributed by atoms with van der Waals surface area (Å²) in [6.45, 7) is 7.26. The van der Waals surface area contributed by atoms with Crippen molar-refractivity contribution in [3.8, 4) is 0 Å². The summed E-state index contributed by atoms with van der Waals surface area (Å²) < 4.78 is 6.04. The number of ether oxygens (including phenoxy) is 1. The molecule has 23 heavy (non-hydrogen) atoms. The highest BCUT2D eigenvalue weighted by molar-refractivity contribution is 5.95. The number of amides is 1. The van der Waals surface area contributed by atoms with E-state index in [1.54, 1.807) is 4.90 Å². The number of nitrogens with one attached hydrogen (secondary N) is 1. The van der Waals surface area contributed by atoms with Gasteiger partial charge in [0.15, 0.2) is 0 Å². The van der Waals surface area contributed by atoms with Gasteiger partial charge in [-0.15, -0.1) is 0 Å². The van der Waals surface area contributed by atoms with Crippen molar-refractivity contribution in [2.24, 2.45) is 0 Å². The average Bonchev–Trinajstić information content (AvgIpc) is 2.50. The van der Waals surface area contributed by atoms with Crippen molar-refractivity contribution < 1.29 is 9.53 Å². The van der Waals surface area contributed by atoms with Crippen molar-refractivity contribution in [3.63, 3.8) is 0 Å². The minimum absolute atomic E-state index is 0.176. The predicted molar refractivity (Wildman–Crippen MR) is 87.9 cm³/mol. The molecule has 0 aromatic carbocycles. The van der Waals surface area contributed by atoms with Crippen LogP contribution in [0.4, 0.5) is 0 Å². The maximum absolute atomic E-state index is 12.9. The molecule has 2 fully saturated rings. The Balaban J connectivity index is 1.82. The molecule has 126 valence electrons. The van der Waals surface area contributed by atoms with Crippen LogP contribution < -0.4 is 5.56 Å².